The molecule has 1 atom stereocenters. The topological polar surface area (TPSA) is 69.9 Å². The molecule has 3 rings (SSSR count). The number of aryl methyl sites for hydroxylation is 2. The van der Waals surface area contributed by atoms with Gasteiger partial charge in [0.2, 0.25) is 0 Å². The maximum Gasteiger partial charge on any atom is 0.136 e. The molecule has 1 aromatic heterocycles. The zero-order valence-electron chi connectivity index (χ0n) is 14.5. The minimum absolute atomic E-state index is 0.286. The van der Waals surface area contributed by atoms with Crippen LogP contribution in [0, 0.1) is 36.5 Å². The molecule has 0 saturated carbocycles. The number of fused-ring (bicyclic) bond motifs is 1. The molecule has 0 radical (unpaired) electrons. The van der Waals surface area contributed by atoms with Gasteiger partial charge in [0.15, 0.2) is 0 Å². The average molecular weight is 330 g/mol. The summed E-state index contributed by atoms with van der Waals surface area (Å²) < 4.78 is 11.9. The van der Waals surface area contributed by atoms with Crippen LogP contribution in [0.25, 0.3) is 11.0 Å². The van der Waals surface area contributed by atoms with E-state index in [4.69, 9.17) is 9.15 Å². The van der Waals surface area contributed by atoms with Crippen LogP contribution in [0.1, 0.15) is 46.6 Å². The number of ether oxygens (including phenoxy) is 1. The first kappa shape index (κ1) is 16.8. The van der Waals surface area contributed by atoms with E-state index in [1.54, 1.807) is 12.1 Å². The van der Waals surface area contributed by atoms with Crippen LogP contribution < -0.4 is 0 Å². The number of nitrogens with zero attached hydrogens (tertiary/aromatic N) is 2. The average Bonchev–Trinajstić information content (AvgIpc) is 2.94. The third-order valence-corrected chi connectivity index (χ3v) is 4.27. The molecule has 0 aliphatic rings. The number of nitriles is 2. The van der Waals surface area contributed by atoms with Gasteiger partial charge < -0.3 is 9.15 Å². The molecule has 0 aliphatic carbocycles. The van der Waals surface area contributed by atoms with E-state index in [9.17, 15) is 10.5 Å². The fourth-order valence-corrected chi connectivity index (χ4v) is 3.05. The Labute approximate surface area is 146 Å². The van der Waals surface area contributed by atoms with Gasteiger partial charge in [-0.3, -0.25) is 0 Å². The maximum absolute atomic E-state index is 9.33. The Morgan fingerprint density at radius 1 is 1.04 bits per heavy atom. The van der Waals surface area contributed by atoms with Crippen molar-refractivity contribution in [1.29, 1.82) is 10.5 Å². The molecular formula is C21H18N2O2. The Morgan fingerprint density at radius 2 is 1.68 bits per heavy atom. The number of rotatable bonds is 4. The first-order chi connectivity index (χ1) is 12.1. The molecule has 124 valence electrons. The predicted molar refractivity (Wildman–Crippen MR) is 95.0 cm³/mol. The quantitative estimate of drug-likeness (QED) is 0.681. The van der Waals surface area contributed by atoms with E-state index in [0.717, 1.165) is 22.3 Å². The Morgan fingerprint density at radius 3 is 2.28 bits per heavy atom. The summed E-state index contributed by atoms with van der Waals surface area (Å²) in [5, 5.41) is 19.4. The lowest BCUT2D eigenvalue weighted by Gasteiger charge is -2.18. The normalized spacial score (nSPS) is 11.9. The van der Waals surface area contributed by atoms with Gasteiger partial charge in [0.1, 0.15) is 29.6 Å². The molecule has 2 aromatic carbocycles. The van der Waals surface area contributed by atoms with Crippen LogP contribution >= 0.6 is 0 Å². The lowest BCUT2D eigenvalue weighted by atomic mass is 9.96. The summed E-state index contributed by atoms with van der Waals surface area (Å²) >= 11 is 0. The molecule has 0 saturated heterocycles. The van der Waals surface area contributed by atoms with Crippen molar-refractivity contribution in [3.05, 3.63) is 70.0 Å². The van der Waals surface area contributed by atoms with Gasteiger partial charge in [-0.05, 0) is 32.4 Å². The zero-order chi connectivity index (χ0) is 18.0. The molecule has 1 heterocycles. The second kappa shape index (κ2) is 6.81. The van der Waals surface area contributed by atoms with E-state index in [1.165, 1.54) is 5.56 Å². The summed E-state index contributed by atoms with van der Waals surface area (Å²) in [6.07, 6.45) is -0.286. The lowest BCUT2D eigenvalue weighted by Crippen LogP contribution is -2.07. The van der Waals surface area contributed by atoms with E-state index in [2.05, 4.69) is 6.07 Å². The predicted octanol–water partition coefficient (Wildman–Crippen LogP) is 4.92. The van der Waals surface area contributed by atoms with Crippen molar-refractivity contribution in [3.63, 3.8) is 0 Å². The summed E-state index contributed by atoms with van der Waals surface area (Å²) in [5.41, 5.74) is 4.37. The van der Waals surface area contributed by atoms with Gasteiger partial charge >= 0.3 is 0 Å². The highest BCUT2D eigenvalue weighted by Gasteiger charge is 2.24. The van der Waals surface area contributed by atoms with Gasteiger partial charge in [-0.25, -0.2) is 0 Å². The number of furan rings is 1. The van der Waals surface area contributed by atoms with Crippen LogP contribution in [-0.2, 0) is 4.74 Å². The van der Waals surface area contributed by atoms with Gasteiger partial charge in [0.25, 0.3) is 0 Å². The van der Waals surface area contributed by atoms with Gasteiger partial charge in [0, 0.05) is 23.6 Å². The Bertz CT molecular complexity index is 1000. The summed E-state index contributed by atoms with van der Waals surface area (Å²) in [6, 6.07) is 15.7. The monoisotopic (exact) mass is 330 g/mol. The van der Waals surface area contributed by atoms with Crippen molar-refractivity contribution >= 4 is 11.0 Å². The van der Waals surface area contributed by atoms with E-state index >= 15 is 0 Å². The first-order valence-corrected chi connectivity index (χ1v) is 8.14. The van der Waals surface area contributed by atoms with Gasteiger partial charge in [0.05, 0.1) is 11.1 Å². The summed E-state index contributed by atoms with van der Waals surface area (Å²) in [4.78, 5) is 0. The van der Waals surface area contributed by atoms with Crippen LogP contribution in [0.4, 0.5) is 0 Å². The fourth-order valence-electron chi connectivity index (χ4n) is 3.05. The van der Waals surface area contributed by atoms with Crippen LogP contribution in [0.5, 0.6) is 0 Å². The molecule has 0 fully saturated rings. The molecule has 3 aromatic rings. The standard InChI is InChI=1S/C21H18N2O2/c1-4-24-21(15-7-5-13(2)6-8-15)20-14(3)25-19-10-17(12-23)16(11-22)9-18(19)20/h5-10,21H,4H2,1-3H3/t21-/m0/s1. The van der Waals surface area contributed by atoms with Crippen molar-refractivity contribution in [1.82, 2.24) is 0 Å². The largest absolute Gasteiger partial charge is 0.461 e. The van der Waals surface area contributed by atoms with E-state index < -0.39 is 0 Å². The zero-order valence-corrected chi connectivity index (χ0v) is 14.5. The lowest BCUT2D eigenvalue weighted by molar-refractivity contribution is 0.0911. The van der Waals surface area contributed by atoms with E-state index in [1.807, 2.05) is 51.1 Å². The van der Waals surface area contributed by atoms with Crippen molar-refractivity contribution < 1.29 is 9.15 Å². The molecule has 25 heavy (non-hydrogen) atoms. The van der Waals surface area contributed by atoms with Crippen molar-refractivity contribution in [3.8, 4) is 12.1 Å². The van der Waals surface area contributed by atoms with E-state index in [0.29, 0.717) is 23.3 Å². The smallest absolute Gasteiger partial charge is 0.136 e. The van der Waals surface area contributed by atoms with Gasteiger partial charge in [-0.1, -0.05) is 29.8 Å². The van der Waals surface area contributed by atoms with Crippen molar-refractivity contribution in [2.75, 3.05) is 6.61 Å². The number of hydrogen-bond donors (Lipinski definition) is 0. The summed E-state index contributed by atoms with van der Waals surface area (Å²) in [5.74, 6) is 0.730. The van der Waals surface area contributed by atoms with Crippen LogP contribution in [0.15, 0.2) is 40.8 Å². The van der Waals surface area contributed by atoms with Crippen molar-refractivity contribution in [2.45, 2.75) is 26.9 Å². The molecule has 0 N–H and O–H groups in total. The Kier molecular flexibility index (Phi) is 4.57. The Balaban J connectivity index is 2.24. The van der Waals surface area contributed by atoms with Gasteiger partial charge in [-0.15, -0.1) is 0 Å². The molecule has 0 bridgehead atoms. The Hall–Kier alpha value is -3.08. The summed E-state index contributed by atoms with van der Waals surface area (Å²) in [6.45, 7) is 6.42. The first-order valence-electron chi connectivity index (χ1n) is 8.14. The third kappa shape index (κ3) is 3.01. The molecular weight excluding hydrogens is 312 g/mol. The van der Waals surface area contributed by atoms with Gasteiger partial charge in [-0.2, -0.15) is 10.5 Å². The summed E-state index contributed by atoms with van der Waals surface area (Å²) in [7, 11) is 0. The molecule has 0 unspecified atom stereocenters. The van der Waals surface area contributed by atoms with Crippen LogP contribution in [0.3, 0.4) is 0 Å². The molecule has 4 heteroatoms. The molecule has 0 amide bonds. The third-order valence-electron chi connectivity index (χ3n) is 4.27. The SMILES string of the molecule is CCO[C@@H](c1ccc(C)cc1)c1c(C)oc2cc(C#N)c(C#N)cc12. The van der Waals surface area contributed by atoms with E-state index in [-0.39, 0.29) is 6.10 Å². The second-order valence-electron chi connectivity index (χ2n) is 5.94. The molecule has 4 nitrogen and oxygen atoms in total. The molecule has 0 aliphatic heterocycles. The van der Waals surface area contributed by atoms with Crippen LogP contribution in [-0.4, -0.2) is 6.61 Å². The number of hydrogen-bond acceptors (Lipinski definition) is 4. The molecule has 0 spiro atoms. The van der Waals surface area contributed by atoms with Crippen LogP contribution in [0.2, 0.25) is 0 Å². The minimum Gasteiger partial charge on any atom is -0.461 e. The highest BCUT2D eigenvalue weighted by atomic mass is 16.5. The minimum atomic E-state index is -0.286. The highest BCUT2D eigenvalue weighted by Crippen LogP contribution is 2.37. The number of benzene rings is 2. The maximum atomic E-state index is 9.33. The van der Waals surface area contributed by atoms with Crippen molar-refractivity contribution in [2.24, 2.45) is 0 Å². The second-order valence-corrected chi connectivity index (χ2v) is 5.94. The fraction of sp³-hybridized carbons (Fsp3) is 0.238. The highest BCUT2D eigenvalue weighted by molar-refractivity contribution is 5.86.